The summed E-state index contributed by atoms with van der Waals surface area (Å²) in [5, 5.41) is 17.8. The summed E-state index contributed by atoms with van der Waals surface area (Å²) in [5.41, 5.74) is 4.02. The van der Waals surface area contributed by atoms with Crippen molar-refractivity contribution >= 4 is 40.2 Å². The van der Waals surface area contributed by atoms with Crippen molar-refractivity contribution in [3.05, 3.63) is 99.1 Å². The van der Waals surface area contributed by atoms with E-state index in [0.717, 1.165) is 5.56 Å². The second-order valence-corrected chi connectivity index (χ2v) is 8.29. The topological polar surface area (TPSA) is 114 Å². The van der Waals surface area contributed by atoms with Gasteiger partial charge in [0.1, 0.15) is 0 Å². The fraction of sp³-hybridized carbons (Fsp3) is 0.154. The van der Waals surface area contributed by atoms with E-state index in [9.17, 15) is 19.7 Å². The van der Waals surface area contributed by atoms with E-state index < -0.39 is 10.9 Å². The molecule has 178 valence electrons. The number of amides is 1. The first-order chi connectivity index (χ1) is 16.8. The van der Waals surface area contributed by atoms with Gasteiger partial charge in [0.25, 0.3) is 11.6 Å². The zero-order valence-electron chi connectivity index (χ0n) is 19.5. The Morgan fingerprint density at radius 2 is 1.80 bits per heavy atom. The minimum Gasteiger partial charge on any atom is -0.465 e. The minimum atomic E-state index is -0.508. The monoisotopic (exact) mass is 472 g/mol. The quantitative estimate of drug-likeness (QED) is 0.227. The van der Waals surface area contributed by atoms with Crippen LogP contribution in [0, 0.1) is 10.1 Å². The molecule has 0 aliphatic carbocycles. The summed E-state index contributed by atoms with van der Waals surface area (Å²) in [6, 6.07) is 19.0. The Labute approximate surface area is 202 Å². The highest BCUT2D eigenvalue weighted by Crippen LogP contribution is 2.38. The summed E-state index contributed by atoms with van der Waals surface area (Å²) in [7, 11) is 4.98. The first-order valence-corrected chi connectivity index (χ1v) is 10.8. The lowest BCUT2D eigenvalue weighted by molar-refractivity contribution is -0.385. The molecule has 9 nitrogen and oxygen atoms in total. The highest BCUT2D eigenvalue weighted by Gasteiger charge is 2.29. The number of ether oxygens (including phenoxy) is 1. The van der Waals surface area contributed by atoms with E-state index in [0.29, 0.717) is 45.9 Å². The zero-order chi connectivity index (χ0) is 25.1. The molecule has 1 aliphatic rings. The van der Waals surface area contributed by atoms with Crippen LogP contribution >= 0.6 is 0 Å². The molecule has 1 aliphatic heterocycles. The van der Waals surface area contributed by atoms with Gasteiger partial charge >= 0.3 is 5.97 Å². The lowest BCUT2D eigenvalue weighted by Gasteiger charge is -2.16. The SMILES string of the molecule is COC(=O)c1ccc2c(c1)NC(=O)C2=C(Nc1ccc(CN(C)C)c([N+](=O)[O-])c1)c1ccccc1. The fourth-order valence-electron chi connectivity index (χ4n) is 3.98. The van der Waals surface area contributed by atoms with Crippen LogP contribution in [-0.4, -0.2) is 42.9 Å². The number of nitrogens with zero attached hydrogens (tertiary/aromatic N) is 2. The predicted molar refractivity (Wildman–Crippen MR) is 134 cm³/mol. The van der Waals surface area contributed by atoms with Gasteiger partial charge in [-0.05, 0) is 43.9 Å². The van der Waals surface area contributed by atoms with Crippen molar-refractivity contribution in [2.75, 3.05) is 31.8 Å². The van der Waals surface area contributed by atoms with E-state index in [1.807, 2.05) is 49.3 Å². The molecule has 0 bridgehead atoms. The van der Waals surface area contributed by atoms with Crippen LogP contribution in [0.4, 0.5) is 17.1 Å². The largest absolute Gasteiger partial charge is 0.465 e. The van der Waals surface area contributed by atoms with Gasteiger partial charge in [0.15, 0.2) is 0 Å². The number of esters is 1. The van der Waals surface area contributed by atoms with Crippen LogP contribution in [0.15, 0.2) is 66.7 Å². The second kappa shape index (κ2) is 9.78. The number of nitro groups is 1. The molecule has 3 aromatic rings. The van der Waals surface area contributed by atoms with Gasteiger partial charge in [0.05, 0.1) is 34.6 Å². The molecule has 0 atom stereocenters. The number of anilines is 2. The van der Waals surface area contributed by atoms with Crippen molar-refractivity contribution in [2.45, 2.75) is 6.54 Å². The fourth-order valence-corrected chi connectivity index (χ4v) is 3.98. The standard InChI is InChI=1S/C26H24N4O5/c1-29(2)15-18-9-11-19(14-22(18)30(33)34)27-24(16-7-5-4-6-8-16)23-20-12-10-17(26(32)35-3)13-21(20)28-25(23)31/h4-14,27H,15H2,1-3H3,(H,28,31). The van der Waals surface area contributed by atoms with Crippen LogP contribution < -0.4 is 10.6 Å². The molecule has 0 saturated heterocycles. The van der Waals surface area contributed by atoms with Crippen molar-refractivity contribution in [2.24, 2.45) is 0 Å². The molecule has 9 heteroatoms. The number of benzene rings is 3. The molecule has 0 fully saturated rings. The summed E-state index contributed by atoms with van der Waals surface area (Å²) in [4.78, 5) is 38.2. The molecule has 2 N–H and O–H groups in total. The van der Waals surface area contributed by atoms with Crippen LogP contribution in [0.2, 0.25) is 0 Å². The van der Waals surface area contributed by atoms with Gasteiger partial charge < -0.3 is 20.3 Å². The Hall–Kier alpha value is -4.50. The molecule has 4 rings (SSSR count). The molecule has 3 aromatic carbocycles. The average molecular weight is 473 g/mol. The van der Waals surface area contributed by atoms with Crippen LogP contribution in [0.1, 0.15) is 27.0 Å². The van der Waals surface area contributed by atoms with Crippen molar-refractivity contribution in [3.8, 4) is 0 Å². The molecule has 35 heavy (non-hydrogen) atoms. The predicted octanol–water partition coefficient (Wildman–Crippen LogP) is 4.38. The molecular weight excluding hydrogens is 448 g/mol. The van der Waals surface area contributed by atoms with Crippen molar-refractivity contribution in [1.29, 1.82) is 0 Å². The first kappa shape index (κ1) is 23.7. The molecule has 1 amide bonds. The van der Waals surface area contributed by atoms with Gasteiger partial charge in [0.2, 0.25) is 0 Å². The van der Waals surface area contributed by atoms with Crippen LogP contribution in [0.25, 0.3) is 11.3 Å². The van der Waals surface area contributed by atoms with E-state index in [4.69, 9.17) is 4.74 Å². The molecule has 0 saturated carbocycles. The van der Waals surface area contributed by atoms with Gasteiger partial charge in [-0.2, -0.15) is 0 Å². The Kier molecular flexibility index (Phi) is 6.61. The number of hydrogen-bond donors (Lipinski definition) is 2. The third-order valence-corrected chi connectivity index (χ3v) is 5.54. The Morgan fingerprint density at radius 3 is 2.46 bits per heavy atom. The maximum Gasteiger partial charge on any atom is 0.337 e. The summed E-state index contributed by atoms with van der Waals surface area (Å²) >= 11 is 0. The van der Waals surface area contributed by atoms with Gasteiger partial charge in [-0.25, -0.2) is 4.79 Å². The van der Waals surface area contributed by atoms with E-state index in [1.54, 1.807) is 30.3 Å². The number of carbonyl (C=O) groups excluding carboxylic acids is 2. The van der Waals surface area contributed by atoms with Crippen LogP contribution in [0.5, 0.6) is 0 Å². The summed E-state index contributed by atoms with van der Waals surface area (Å²) in [6.07, 6.45) is 0. The van der Waals surface area contributed by atoms with Gasteiger partial charge in [-0.15, -0.1) is 0 Å². The normalized spacial score (nSPS) is 13.8. The van der Waals surface area contributed by atoms with Gasteiger partial charge in [0, 0.05) is 29.4 Å². The summed E-state index contributed by atoms with van der Waals surface area (Å²) in [6.45, 7) is 0.418. The lowest BCUT2D eigenvalue weighted by Crippen LogP contribution is -2.13. The Balaban J connectivity index is 1.84. The van der Waals surface area contributed by atoms with E-state index >= 15 is 0 Å². The average Bonchev–Trinajstić information content (AvgIpc) is 3.17. The first-order valence-electron chi connectivity index (χ1n) is 10.8. The van der Waals surface area contributed by atoms with Crippen molar-refractivity contribution < 1.29 is 19.2 Å². The Morgan fingerprint density at radius 1 is 1.06 bits per heavy atom. The molecule has 0 radical (unpaired) electrons. The molecule has 0 aromatic heterocycles. The van der Waals surface area contributed by atoms with E-state index in [2.05, 4.69) is 10.6 Å². The number of carbonyl (C=O) groups is 2. The molecule has 1 heterocycles. The minimum absolute atomic E-state index is 0.0138. The molecule has 0 unspecified atom stereocenters. The third kappa shape index (κ3) is 4.90. The van der Waals surface area contributed by atoms with Gasteiger partial charge in [-0.3, -0.25) is 14.9 Å². The smallest absolute Gasteiger partial charge is 0.337 e. The third-order valence-electron chi connectivity index (χ3n) is 5.54. The number of hydrogen-bond acceptors (Lipinski definition) is 7. The molecular formula is C26H24N4O5. The Bertz CT molecular complexity index is 1350. The number of nitrogens with one attached hydrogen (secondary N) is 2. The highest BCUT2D eigenvalue weighted by atomic mass is 16.6. The summed E-state index contributed by atoms with van der Waals surface area (Å²) in [5.74, 6) is -0.863. The number of nitro benzene ring substituents is 1. The molecule has 0 spiro atoms. The number of rotatable bonds is 7. The maximum atomic E-state index is 13.1. The van der Waals surface area contributed by atoms with Crippen molar-refractivity contribution in [1.82, 2.24) is 4.90 Å². The van der Waals surface area contributed by atoms with Gasteiger partial charge in [-0.1, -0.05) is 36.4 Å². The van der Waals surface area contributed by atoms with Crippen LogP contribution in [0.3, 0.4) is 0 Å². The number of fused-ring (bicyclic) bond motifs is 1. The lowest BCUT2D eigenvalue weighted by atomic mass is 9.99. The summed E-state index contributed by atoms with van der Waals surface area (Å²) < 4.78 is 4.78. The maximum absolute atomic E-state index is 13.1. The van der Waals surface area contributed by atoms with Crippen molar-refractivity contribution in [3.63, 3.8) is 0 Å². The number of methoxy groups -OCH3 is 1. The zero-order valence-corrected chi connectivity index (χ0v) is 19.5. The second-order valence-electron chi connectivity index (χ2n) is 8.29. The highest BCUT2D eigenvalue weighted by molar-refractivity contribution is 6.37. The van der Waals surface area contributed by atoms with E-state index in [1.165, 1.54) is 13.2 Å². The van der Waals surface area contributed by atoms with E-state index in [-0.39, 0.29) is 11.6 Å². The van der Waals surface area contributed by atoms with Crippen LogP contribution in [-0.2, 0) is 16.1 Å².